The summed E-state index contributed by atoms with van der Waals surface area (Å²) in [6.45, 7) is 11.8. The van der Waals surface area contributed by atoms with Gasteiger partial charge in [-0.3, -0.25) is 13.6 Å². The fraction of sp³-hybridized carbons (Fsp3) is 0.750. The molecule has 4 rings (SSSR count). The highest BCUT2D eigenvalue weighted by molar-refractivity contribution is 7.47. The van der Waals surface area contributed by atoms with Crippen LogP contribution in [0.25, 0.3) is 11.2 Å². The summed E-state index contributed by atoms with van der Waals surface area (Å²) < 4.78 is 38.5. The van der Waals surface area contributed by atoms with E-state index in [9.17, 15) is 9.46 Å². The zero-order valence-corrected chi connectivity index (χ0v) is 20.2. The molecule has 3 N–H and O–H groups in total. The van der Waals surface area contributed by atoms with Crippen LogP contribution in [0.5, 0.6) is 0 Å². The van der Waals surface area contributed by atoms with E-state index in [2.05, 4.69) is 35.7 Å². The molecule has 2 aromatic heterocycles. The fourth-order valence-electron chi connectivity index (χ4n) is 4.63. The van der Waals surface area contributed by atoms with Crippen LogP contribution < -0.4 is 5.73 Å². The molecule has 2 fully saturated rings. The lowest BCUT2D eigenvalue weighted by molar-refractivity contribution is -0.137. The van der Waals surface area contributed by atoms with Crippen molar-refractivity contribution in [2.24, 2.45) is 5.41 Å². The summed E-state index contributed by atoms with van der Waals surface area (Å²) in [7, 11) is -4.42. The van der Waals surface area contributed by atoms with Crippen LogP contribution in [0.3, 0.4) is 0 Å². The number of fused-ring (bicyclic) bond motifs is 3. The number of nitrogens with zero attached hydrogens (tertiary/aromatic N) is 4. The van der Waals surface area contributed by atoms with Crippen LogP contribution in [0.15, 0.2) is 12.7 Å². The zero-order valence-electron chi connectivity index (χ0n) is 19.3. The second-order valence-electron chi connectivity index (χ2n) is 10.7. The van der Waals surface area contributed by atoms with Crippen LogP contribution in [-0.2, 0) is 23.1 Å². The lowest BCUT2D eigenvalue weighted by Crippen LogP contribution is -2.51. The highest BCUT2D eigenvalue weighted by Gasteiger charge is 2.62. The van der Waals surface area contributed by atoms with Crippen molar-refractivity contribution >= 4 is 24.8 Å². The normalized spacial score (nSPS) is 30.5. The fourth-order valence-corrected chi connectivity index (χ4v) is 5.96. The Balaban J connectivity index is 1.75. The zero-order chi connectivity index (χ0) is 23.5. The predicted molar refractivity (Wildman–Crippen MR) is 117 cm³/mol. The summed E-state index contributed by atoms with van der Waals surface area (Å²) in [5.41, 5.74) is 5.00. The number of phosphoric acid groups is 1. The van der Waals surface area contributed by atoms with Gasteiger partial charge in [0.2, 0.25) is 0 Å². The van der Waals surface area contributed by atoms with Gasteiger partial charge in [0.05, 0.1) is 18.5 Å². The number of phosphoric ester groups is 1. The Morgan fingerprint density at radius 2 is 2.00 bits per heavy atom. The molecule has 4 heterocycles. The number of hydrogen-bond donors (Lipinski definition) is 2. The van der Waals surface area contributed by atoms with Crippen molar-refractivity contribution in [1.29, 1.82) is 0 Å². The van der Waals surface area contributed by atoms with Crippen molar-refractivity contribution in [3.63, 3.8) is 0 Å². The Bertz CT molecular complexity index is 1050. The van der Waals surface area contributed by atoms with Crippen molar-refractivity contribution < 1.29 is 28.0 Å². The van der Waals surface area contributed by atoms with Gasteiger partial charge in [-0.1, -0.05) is 20.8 Å². The van der Waals surface area contributed by atoms with Crippen LogP contribution in [-0.4, -0.2) is 54.4 Å². The molecule has 0 aliphatic carbocycles. The van der Waals surface area contributed by atoms with Crippen LogP contribution in [0, 0.1) is 5.41 Å². The van der Waals surface area contributed by atoms with Gasteiger partial charge in [-0.05, 0) is 32.6 Å². The lowest BCUT2D eigenvalue weighted by Gasteiger charge is -2.42. The van der Waals surface area contributed by atoms with E-state index in [0.717, 1.165) is 0 Å². The van der Waals surface area contributed by atoms with Crippen molar-refractivity contribution in [2.45, 2.75) is 84.0 Å². The van der Waals surface area contributed by atoms with Crippen LogP contribution in [0.2, 0.25) is 0 Å². The van der Waals surface area contributed by atoms with Gasteiger partial charge in [0.15, 0.2) is 17.7 Å². The van der Waals surface area contributed by atoms with E-state index in [0.29, 0.717) is 30.6 Å². The summed E-state index contributed by atoms with van der Waals surface area (Å²) in [5, 5.41) is 0. The minimum Gasteiger partial charge on any atom is -0.382 e. The molecular weight excluding hydrogens is 437 g/mol. The monoisotopic (exact) mass is 469 g/mol. The first-order valence-corrected chi connectivity index (χ1v) is 12.1. The Kier molecular flexibility index (Phi) is 5.67. The van der Waals surface area contributed by atoms with Crippen molar-refractivity contribution in [3.05, 3.63) is 12.7 Å². The number of rotatable bonds is 5. The quantitative estimate of drug-likeness (QED) is 0.626. The van der Waals surface area contributed by atoms with Gasteiger partial charge in [0, 0.05) is 6.42 Å². The molecule has 2 aromatic rings. The molecule has 5 atom stereocenters. The van der Waals surface area contributed by atoms with Crippen molar-refractivity contribution in [3.8, 4) is 0 Å². The Hall–Kier alpha value is -1.62. The summed E-state index contributed by atoms with van der Waals surface area (Å²) in [6.07, 6.45) is 1.81. The molecular formula is C20H32N5O6P. The predicted octanol–water partition coefficient (Wildman–Crippen LogP) is 3.20. The first-order valence-electron chi connectivity index (χ1n) is 10.6. The molecule has 2 aliphatic heterocycles. The van der Waals surface area contributed by atoms with E-state index in [-0.39, 0.29) is 11.2 Å². The third kappa shape index (κ3) is 4.55. The maximum atomic E-state index is 12.9. The molecule has 0 saturated carbocycles. The lowest BCUT2D eigenvalue weighted by atomic mass is 9.76. The third-order valence-corrected chi connectivity index (χ3v) is 6.69. The molecule has 32 heavy (non-hydrogen) atoms. The standard InChI is InChI=1S/C20H32N5O6P/c1-18(2,3)9-20-7-8-28-13(14(20)30-32(26,27)31-19(4,5)6)17(29-20)25-11-24-12-15(21)22-10-23-16(12)25/h10-11,13-14,17H,7-9H2,1-6H3,(H,26,27)(H2,21,22,23)/t13?,14-,17-,20-/m1/s1. The Labute approximate surface area is 187 Å². The topological polar surface area (TPSA) is 144 Å². The van der Waals surface area contributed by atoms with E-state index in [4.69, 9.17) is 24.3 Å². The van der Waals surface area contributed by atoms with Gasteiger partial charge in [0.25, 0.3) is 0 Å². The summed E-state index contributed by atoms with van der Waals surface area (Å²) in [4.78, 5) is 23.2. The molecule has 2 unspecified atom stereocenters. The van der Waals surface area contributed by atoms with Gasteiger partial charge in [-0.15, -0.1) is 0 Å². The molecule has 11 nitrogen and oxygen atoms in total. The van der Waals surface area contributed by atoms with E-state index in [1.807, 2.05) is 0 Å². The number of nitrogens with two attached hydrogens (primary N) is 1. The first kappa shape index (κ1) is 23.5. The minimum atomic E-state index is -4.42. The molecule has 0 radical (unpaired) electrons. The van der Waals surface area contributed by atoms with Crippen LogP contribution in [0.4, 0.5) is 5.82 Å². The van der Waals surface area contributed by atoms with Crippen LogP contribution in [0.1, 0.15) is 60.6 Å². The van der Waals surface area contributed by atoms with E-state index < -0.39 is 37.5 Å². The first-order chi connectivity index (χ1) is 14.7. The van der Waals surface area contributed by atoms with E-state index in [1.165, 1.54) is 6.33 Å². The average molecular weight is 469 g/mol. The maximum Gasteiger partial charge on any atom is 0.473 e. The number of ether oxygens (including phenoxy) is 2. The minimum absolute atomic E-state index is 0.147. The molecule has 0 aromatic carbocycles. The van der Waals surface area contributed by atoms with Crippen molar-refractivity contribution in [2.75, 3.05) is 12.3 Å². The van der Waals surface area contributed by atoms with E-state index >= 15 is 0 Å². The summed E-state index contributed by atoms with van der Waals surface area (Å²) in [6, 6.07) is 0. The van der Waals surface area contributed by atoms with E-state index in [1.54, 1.807) is 31.7 Å². The number of nitrogen functional groups attached to an aromatic ring is 1. The van der Waals surface area contributed by atoms with Gasteiger partial charge in [-0.25, -0.2) is 19.5 Å². The third-order valence-electron chi connectivity index (χ3n) is 5.42. The highest BCUT2D eigenvalue weighted by atomic mass is 31.2. The molecule has 2 bridgehead atoms. The van der Waals surface area contributed by atoms with Crippen molar-refractivity contribution in [1.82, 2.24) is 19.5 Å². The molecule has 2 saturated heterocycles. The Morgan fingerprint density at radius 1 is 1.28 bits per heavy atom. The highest BCUT2D eigenvalue weighted by Crippen LogP contribution is 2.58. The van der Waals surface area contributed by atoms with Crippen LogP contribution >= 0.6 is 7.82 Å². The van der Waals surface area contributed by atoms with Gasteiger partial charge < -0.3 is 20.1 Å². The maximum absolute atomic E-state index is 12.9. The molecule has 0 spiro atoms. The Morgan fingerprint density at radius 3 is 2.66 bits per heavy atom. The van der Waals surface area contributed by atoms with Gasteiger partial charge in [-0.2, -0.15) is 0 Å². The number of anilines is 1. The summed E-state index contributed by atoms with van der Waals surface area (Å²) in [5.74, 6) is 0.256. The molecule has 178 valence electrons. The molecule has 0 amide bonds. The SMILES string of the molecule is CC(C)(C)C[C@@]12CCOC([C@H](n3cnc4c(N)ncnc43)O1)[C@H]2OP(=O)(O)OC(C)(C)C. The summed E-state index contributed by atoms with van der Waals surface area (Å²) >= 11 is 0. The number of hydrogen-bond acceptors (Lipinski definition) is 9. The smallest absolute Gasteiger partial charge is 0.382 e. The second kappa shape index (κ2) is 7.72. The second-order valence-corrected chi connectivity index (χ2v) is 12.0. The average Bonchev–Trinajstić information content (AvgIpc) is 3.07. The van der Waals surface area contributed by atoms with Gasteiger partial charge in [0.1, 0.15) is 29.7 Å². The molecule has 2 aliphatic rings. The number of imidazole rings is 1. The largest absolute Gasteiger partial charge is 0.473 e. The number of aromatic nitrogens is 4. The van der Waals surface area contributed by atoms with Gasteiger partial charge >= 0.3 is 7.82 Å². The molecule has 12 heteroatoms.